The van der Waals surface area contributed by atoms with Crippen molar-refractivity contribution in [1.29, 1.82) is 0 Å². The molecular formula is C27H22Cl4N4O3S. The molecule has 1 heterocycles. The maximum Gasteiger partial charge on any atom is 0.264 e. The molecule has 4 aromatic rings. The van der Waals surface area contributed by atoms with Gasteiger partial charge in [0, 0.05) is 42.7 Å². The van der Waals surface area contributed by atoms with E-state index in [1.54, 1.807) is 36.4 Å². The number of aromatic nitrogens is 1. The third kappa shape index (κ3) is 6.77. The van der Waals surface area contributed by atoms with Crippen molar-refractivity contribution in [2.75, 3.05) is 10.8 Å². The largest absolute Gasteiger partial charge is 0.318 e. The van der Waals surface area contributed by atoms with Crippen LogP contribution in [0.5, 0.6) is 0 Å². The number of halogens is 4. The molecule has 0 unspecified atom stereocenters. The van der Waals surface area contributed by atoms with Crippen LogP contribution >= 0.6 is 46.4 Å². The van der Waals surface area contributed by atoms with Gasteiger partial charge in [-0.25, -0.2) is 13.8 Å². The third-order valence-electron chi connectivity index (χ3n) is 5.75. The number of nitrogens with one attached hydrogen (secondary N) is 1. The van der Waals surface area contributed by atoms with E-state index in [9.17, 15) is 13.2 Å². The summed E-state index contributed by atoms with van der Waals surface area (Å²) >= 11 is 24.4. The van der Waals surface area contributed by atoms with E-state index in [0.29, 0.717) is 20.1 Å². The predicted octanol–water partition coefficient (Wildman–Crippen LogP) is 7.05. The van der Waals surface area contributed by atoms with Gasteiger partial charge >= 0.3 is 0 Å². The summed E-state index contributed by atoms with van der Waals surface area (Å²) in [6.07, 6.45) is 1.49. The molecule has 1 N–H and O–H groups in total. The Morgan fingerprint density at radius 1 is 0.897 bits per heavy atom. The van der Waals surface area contributed by atoms with E-state index >= 15 is 0 Å². The highest BCUT2D eigenvalue weighted by Crippen LogP contribution is 2.28. The van der Waals surface area contributed by atoms with Gasteiger partial charge in [-0.05, 0) is 80.6 Å². The van der Waals surface area contributed by atoms with Crippen LogP contribution in [0.2, 0.25) is 20.1 Å². The zero-order valence-electron chi connectivity index (χ0n) is 20.7. The lowest BCUT2D eigenvalue weighted by molar-refractivity contribution is -0.119. The first-order valence-corrected chi connectivity index (χ1v) is 14.4. The molecule has 0 saturated heterocycles. The predicted molar refractivity (Wildman–Crippen MR) is 158 cm³/mol. The number of carbonyl (C=O) groups is 1. The fourth-order valence-electron chi connectivity index (χ4n) is 4.00. The Hall–Kier alpha value is -3.01. The van der Waals surface area contributed by atoms with E-state index in [1.807, 2.05) is 24.5 Å². The number of rotatable bonds is 8. The molecule has 0 atom stereocenters. The molecule has 7 nitrogen and oxygen atoms in total. The number of benzene rings is 3. The van der Waals surface area contributed by atoms with Gasteiger partial charge in [-0.2, -0.15) is 5.10 Å². The van der Waals surface area contributed by atoms with Gasteiger partial charge in [-0.1, -0.05) is 52.5 Å². The standard InChI is InChI=1S/C27H22Cl4N4O3S/c1-17-10-19(18(2)35(17)25-13-22(30)11-23(31)14-25)15-32-33-27(36)16-34(24-5-3-4-21(29)12-24)39(37,38)26-8-6-20(28)7-9-26/h3-15H,16H2,1-2H3,(H,33,36)/b32-15-. The fourth-order valence-corrected chi connectivity index (χ4v) is 6.24. The highest BCUT2D eigenvalue weighted by atomic mass is 35.5. The van der Waals surface area contributed by atoms with Crippen LogP contribution in [0.3, 0.4) is 0 Å². The van der Waals surface area contributed by atoms with E-state index < -0.39 is 22.5 Å². The fraction of sp³-hybridized carbons (Fsp3) is 0.111. The molecule has 1 amide bonds. The lowest BCUT2D eigenvalue weighted by atomic mass is 10.2. The summed E-state index contributed by atoms with van der Waals surface area (Å²) in [5.74, 6) is -0.654. The Morgan fingerprint density at radius 3 is 2.21 bits per heavy atom. The Labute approximate surface area is 246 Å². The first kappa shape index (κ1) is 29.0. The first-order chi connectivity index (χ1) is 18.5. The summed E-state index contributed by atoms with van der Waals surface area (Å²) < 4.78 is 29.8. The second kappa shape index (κ2) is 12.0. The number of nitrogens with zero attached hydrogens (tertiary/aromatic N) is 3. The minimum atomic E-state index is -4.13. The molecule has 39 heavy (non-hydrogen) atoms. The van der Waals surface area contributed by atoms with Crippen molar-refractivity contribution in [2.24, 2.45) is 5.10 Å². The number of hydrazone groups is 1. The Morgan fingerprint density at radius 2 is 1.56 bits per heavy atom. The second-order valence-electron chi connectivity index (χ2n) is 8.53. The normalized spacial score (nSPS) is 11.6. The number of carbonyl (C=O) groups excluding carboxylic acids is 1. The van der Waals surface area contributed by atoms with Crippen molar-refractivity contribution in [1.82, 2.24) is 9.99 Å². The number of aryl methyl sites for hydroxylation is 1. The maximum absolute atomic E-state index is 13.5. The first-order valence-electron chi connectivity index (χ1n) is 11.5. The van der Waals surface area contributed by atoms with Crippen LogP contribution in [0.1, 0.15) is 17.0 Å². The van der Waals surface area contributed by atoms with E-state index in [0.717, 1.165) is 26.9 Å². The average molecular weight is 624 g/mol. The molecular weight excluding hydrogens is 602 g/mol. The molecule has 1 aromatic heterocycles. The Kier molecular flexibility index (Phi) is 8.93. The van der Waals surface area contributed by atoms with Crippen molar-refractivity contribution in [2.45, 2.75) is 18.7 Å². The number of anilines is 1. The lowest BCUT2D eigenvalue weighted by Gasteiger charge is -2.23. The molecule has 0 radical (unpaired) electrons. The summed E-state index contributed by atoms with van der Waals surface area (Å²) in [4.78, 5) is 12.8. The van der Waals surface area contributed by atoms with Crippen LogP contribution in [0.4, 0.5) is 5.69 Å². The van der Waals surface area contributed by atoms with E-state index in [-0.39, 0.29) is 10.6 Å². The highest BCUT2D eigenvalue weighted by molar-refractivity contribution is 7.92. The van der Waals surface area contributed by atoms with Crippen LogP contribution in [-0.4, -0.2) is 31.7 Å². The van der Waals surface area contributed by atoms with Gasteiger partial charge in [0.2, 0.25) is 0 Å². The van der Waals surface area contributed by atoms with Crippen LogP contribution < -0.4 is 9.73 Å². The van der Waals surface area contributed by atoms with Gasteiger partial charge in [0.15, 0.2) is 0 Å². The van der Waals surface area contributed by atoms with Gasteiger partial charge < -0.3 is 4.57 Å². The number of hydrogen-bond donors (Lipinski definition) is 1. The van der Waals surface area contributed by atoms with Crippen molar-refractivity contribution >= 4 is 74.2 Å². The van der Waals surface area contributed by atoms with Crippen molar-refractivity contribution in [3.05, 3.63) is 110 Å². The smallest absolute Gasteiger partial charge is 0.264 e. The third-order valence-corrected chi connectivity index (χ3v) is 8.47. The van der Waals surface area contributed by atoms with Gasteiger partial charge in [0.05, 0.1) is 16.8 Å². The van der Waals surface area contributed by atoms with Crippen LogP contribution in [0.25, 0.3) is 5.69 Å². The zero-order valence-corrected chi connectivity index (χ0v) is 24.5. The van der Waals surface area contributed by atoms with Crippen LogP contribution in [0, 0.1) is 13.8 Å². The van der Waals surface area contributed by atoms with Crippen LogP contribution in [0.15, 0.2) is 82.8 Å². The number of amides is 1. The topological polar surface area (TPSA) is 83.8 Å². The maximum atomic E-state index is 13.5. The SMILES string of the molecule is Cc1cc(/C=N\NC(=O)CN(c2cccc(Cl)c2)S(=O)(=O)c2ccc(Cl)cc2)c(C)n1-c1cc(Cl)cc(Cl)c1. The second-order valence-corrected chi connectivity index (χ2v) is 12.1. The van der Waals surface area contributed by atoms with E-state index in [4.69, 9.17) is 46.4 Å². The summed E-state index contributed by atoms with van der Waals surface area (Å²) in [6.45, 7) is 3.27. The molecule has 12 heteroatoms. The van der Waals surface area contributed by atoms with Crippen molar-refractivity contribution in [3.63, 3.8) is 0 Å². The molecule has 0 aliphatic rings. The lowest BCUT2D eigenvalue weighted by Crippen LogP contribution is -2.39. The highest BCUT2D eigenvalue weighted by Gasteiger charge is 2.27. The quantitative estimate of drug-likeness (QED) is 0.169. The summed E-state index contributed by atoms with van der Waals surface area (Å²) in [7, 11) is -4.13. The number of hydrogen-bond acceptors (Lipinski definition) is 4. The minimum absolute atomic E-state index is 0.0308. The zero-order chi connectivity index (χ0) is 28.3. The van der Waals surface area contributed by atoms with Gasteiger partial charge in [-0.3, -0.25) is 9.10 Å². The Bertz CT molecular complexity index is 1650. The molecule has 0 aliphatic carbocycles. The van der Waals surface area contributed by atoms with Crippen molar-refractivity contribution < 1.29 is 13.2 Å². The molecule has 0 spiro atoms. The summed E-state index contributed by atoms with van der Waals surface area (Å²) in [5, 5.41) is 5.77. The summed E-state index contributed by atoms with van der Waals surface area (Å²) in [5.41, 5.74) is 5.91. The van der Waals surface area contributed by atoms with Gasteiger partial charge in [-0.15, -0.1) is 0 Å². The summed E-state index contributed by atoms with van der Waals surface area (Å²) in [6, 6.07) is 19.0. The van der Waals surface area contributed by atoms with E-state index in [2.05, 4.69) is 10.5 Å². The van der Waals surface area contributed by atoms with Gasteiger partial charge in [0.1, 0.15) is 6.54 Å². The Balaban J connectivity index is 1.56. The molecule has 202 valence electrons. The minimum Gasteiger partial charge on any atom is -0.318 e. The van der Waals surface area contributed by atoms with E-state index in [1.165, 1.54) is 36.5 Å². The number of sulfonamides is 1. The van der Waals surface area contributed by atoms with Crippen molar-refractivity contribution in [3.8, 4) is 5.69 Å². The molecule has 0 bridgehead atoms. The molecule has 3 aromatic carbocycles. The molecule has 0 aliphatic heterocycles. The average Bonchev–Trinajstić information content (AvgIpc) is 3.14. The molecule has 4 rings (SSSR count). The van der Waals surface area contributed by atoms with Crippen LogP contribution in [-0.2, 0) is 14.8 Å². The molecule has 0 fully saturated rings. The van der Waals surface area contributed by atoms with Gasteiger partial charge in [0.25, 0.3) is 15.9 Å². The molecule has 0 saturated carbocycles. The monoisotopic (exact) mass is 622 g/mol.